The van der Waals surface area contributed by atoms with Crippen molar-refractivity contribution in [2.24, 2.45) is 5.41 Å². The van der Waals surface area contributed by atoms with Crippen molar-refractivity contribution in [3.05, 3.63) is 27.9 Å². The Morgan fingerprint density at radius 2 is 2.16 bits per heavy atom. The maximum Gasteiger partial charge on any atom is 0.337 e. The molecule has 7 nitrogen and oxygen atoms in total. The van der Waals surface area contributed by atoms with Gasteiger partial charge in [-0.25, -0.2) is 9.78 Å². The maximum absolute atomic E-state index is 10.8. The minimum absolute atomic E-state index is 0.0375. The molecule has 0 aliphatic rings. The van der Waals surface area contributed by atoms with Gasteiger partial charge in [0.2, 0.25) is 0 Å². The van der Waals surface area contributed by atoms with Crippen molar-refractivity contribution in [2.75, 3.05) is 6.61 Å². The Labute approximate surface area is 110 Å². The normalized spacial score (nSPS) is 11.1. The molecule has 1 N–H and O–H groups in total. The number of rotatable bonds is 5. The zero-order valence-corrected chi connectivity index (χ0v) is 11.0. The van der Waals surface area contributed by atoms with E-state index in [9.17, 15) is 14.9 Å². The SMILES string of the molecule is CC(C)(C)CCOc1ncc(C(=O)O)cc1[N+](=O)[O-]. The number of nitro groups is 1. The fourth-order valence-corrected chi connectivity index (χ4v) is 1.25. The number of pyridine rings is 1. The van der Waals surface area contributed by atoms with Gasteiger partial charge in [0.15, 0.2) is 0 Å². The molecule has 1 rings (SSSR count). The second-order valence-electron chi connectivity index (χ2n) is 5.27. The van der Waals surface area contributed by atoms with E-state index in [1.165, 1.54) is 0 Å². The predicted octanol–water partition coefficient (Wildman–Crippen LogP) is 2.50. The minimum Gasteiger partial charge on any atom is -0.478 e. The highest BCUT2D eigenvalue weighted by molar-refractivity contribution is 5.88. The summed E-state index contributed by atoms with van der Waals surface area (Å²) in [5.74, 6) is -1.42. The summed E-state index contributed by atoms with van der Waals surface area (Å²) in [6.07, 6.45) is 1.74. The van der Waals surface area contributed by atoms with Gasteiger partial charge in [0.25, 0.3) is 5.88 Å². The van der Waals surface area contributed by atoms with Gasteiger partial charge in [-0.05, 0) is 11.8 Å². The van der Waals surface area contributed by atoms with Gasteiger partial charge < -0.3 is 9.84 Å². The van der Waals surface area contributed by atoms with E-state index in [0.29, 0.717) is 6.42 Å². The number of nitrogens with zero attached hydrogens (tertiary/aromatic N) is 2. The third kappa shape index (κ3) is 4.53. The average molecular weight is 268 g/mol. The predicted molar refractivity (Wildman–Crippen MR) is 67.4 cm³/mol. The maximum atomic E-state index is 10.8. The molecule has 1 aromatic heterocycles. The van der Waals surface area contributed by atoms with Crippen LogP contribution in [0.5, 0.6) is 5.88 Å². The molecule has 1 heterocycles. The molecule has 7 heteroatoms. The van der Waals surface area contributed by atoms with Crippen molar-refractivity contribution in [1.82, 2.24) is 4.98 Å². The topological polar surface area (TPSA) is 103 Å². The van der Waals surface area contributed by atoms with Crippen LogP contribution in [0.4, 0.5) is 5.69 Å². The monoisotopic (exact) mass is 268 g/mol. The second-order valence-corrected chi connectivity index (χ2v) is 5.27. The van der Waals surface area contributed by atoms with Crippen molar-refractivity contribution in [3.8, 4) is 5.88 Å². The second kappa shape index (κ2) is 5.64. The number of aromatic carboxylic acids is 1. The summed E-state index contributed by atoms with van der Waals surface area (Å²) in [5, 5.41) is 19.6. The molecule has 0 radical (unpaired) electrons. The average Bonchev–Trinajstić information content (AvgIpc) is 2.27. The summed E-state index contributed by atoms with van der Waals surface area (Å²) in [6.45, 7) is 6.34. The van der Waals surface area contributed by atoms with Gasteiger partial charge in [-0.1, -0.05) is 20.8 Å². The molecule has 0 amide bonds. The molecule has 1 aromatic rings. The van der Waals surface area contributed by atoms with E-state index in [4.69, 9.17) is 9.84 Å². The largest absolute Gasteiger partial charge is 0.478 e. The zero-order chi connectivity index (χ0) is 14.6. The van der Waals surface area contributed by atoms with E-state index in [0.717, 1.165) is 12.3 Å². The highest BCUT2D eigenvalue weighted by atomic mass is 16.6. The van der Waals surface area contributed by atoms with E-state index in [2.05, 4.69) is 4.98 Å². The lowest BCUT2D eigenvalue weighted by molar-refractivity contribution is -0.386. The standard InChI is InChI=1S/C12H16N2O5/c1-12(2,3)4-5-19-10-9(14(17)18)6-8(7-13-10)11(15)16/h6-7H,4-5H2,1-3H3,(H,15,16). The Morgan fingerprint density at radius 3 is 2.63 bits per heavy atom. The molecule has 0 unspecified atom stereocenters. The van der Waals surface area contributed by atoms with Gasteiger partial charge >= 0.3 is 11.7 Å². The quantitative estimate of drug-likeness (QED) is 0.650. The number of aromatic nitrogens is 1. The molecular formula is C12H16N2O5. The van der Waals surface area contributed by atoms with Crippen LogP contribution in [0.2, 0.25) is 0 Å². The van der Waals surface area contributed by atoms with Crippen LogP contribution in [0.15, 0.2) is 12.3 Å². The first-order chi connectivity index (χ1) is 8.70. The Bertz CT molecular complexity index is 493. The van der Waals surface area contributed by atoms with Crippen LogP contribution in [0.25, 0.3) is 0 Å². The van der Waals surface area contributed by atoms with Crippen molar-refractivity contribution < 1.29 is 19.6 Å². The molecule has 0 aliphatic carbocycles. The molecule has 104 valence electrons. The van der Waals surface area contributed by atoms with Crippen LogP contribution in [-0.4, -0.2) is 27.6 Å². The van der Waals surface area contributed by atoms with E-state index >= 15 is 0 Å². The minimum atomic E-state index is -1.27. The molecule has 0 saturated heterocycles. The highest BCUT2D eigenvalue weighted by Gasteiger charge is 2.21. The van der Waals surface area contributed by atoms with Crippen molar-refractivity contribution >= 4 is 11.7 Å². The van der Waals surface area contributed by atoms with Gasteiger partial charge in [0.1, 0.15) is 0 Å². The van der Waals surface area contributed by atoms with Crippen LogP contribution in [0, 0.1) is 15.5 Å². The van der Waals surface area contributed by atoms with Crippen LogP contribution < -0.4 is 4.74 Å². The Hall–Kier alpha value is -2.18. The number of carboxylic acids is 1. The summed E-state index contributed by atoms with van der Waals surface area (Å²) in [7, 11) is 0. The van der Waals surface area contributed by atoms with Gasteiger partial charge in [-0.3, -0.25) is 10.1 Å². The summed E-state index contributed by atoms with van der Waals surface area (Å²) in [4.78, 5) is 24.6. The lowest BCUT2D eigenvalue weighted by Gasteiger charge is -2.17. The summed E-state index contributed by atoms with van der Waals surface area (Å²) < 4.78 is 5.26. The number of ether oxygens (including phenoxy) is 1. The van der Waals surface area contributed by atoms with Crippen molar-refractivity contribution in [3.63, 3.8) is 0 Å². The number of hydrogen-bond donors (Lipinski definition) is 1. The number of hydrogen-bond acceptors (Lipinski definition) is 5. The first-order valence-electron chi connectivity index (χ1n) is 5.71. The lowest BCUT2D eigenvalue weighted by Crippen LogP contribution is -2.12. The Kier molecular flexibility index (Phi) is 4.42. The van der Waals surface area contributed by atoms with Crippen LogP contribution >= 0.6 is 0 Å². The number of carboxylic acid groups (broad SMARTS) is 1. The van der Waals surface area contributed by atoms with Crippen LogP contribution in [-0.2, 0) is 0 Å². The van der Waals surface area contributed by atoms with Gasteiger partial charge in [-0.15, -0.1) is 0 Å². The molecule has 0 aromatic carbocycles. The molecule has 0 fully saturated rings. The Balaban J connectivity index is 2.89. The molecular weight excluding hydrogens is 252 g/mol. The molecule has 0 aliphatic heterocycles. The van der Waals surface area contributed by atoms with Crippen LogP contribution in [0.3, 0.4) is 0 Å². The van der Waals surface area contributed by atoms with E-state index < -0.39 is 16.6 Å². The van der Waals surface area contributed by atoms with E-state index in [-0.39, 0.29) is 23.5 Å². The molecule has 0 bridgehead atoms. The summed E-state index contributed by atoms with van der Waals surface area (Å²) in [6, 6.07) is 0.946. The Morgan fingerprint density at radius 1 is 1.53 bits per heavy atom. The zero-order valence-electron chi connectivity index (χ0n) is 11.0. The van der Waals surface area contributed by atoms with Crippen molar-refractivity contribution in [2.45, 2.75) is 27.2 Å². The molecule has 0 saturated carbocycles. The highest BCUT2D eigenvalue weighted by Crippen LogP contribution is 2.26. The first kappa shape index (κ1) is 14.9. The van der Waals surface area contributed by atoms with Gasteiger partial charge in [0.05, 0.1) is 17.1 Å². The van der Waals surface area contributed by atoms with Crippen molar-refractivity contribution in [1.29, 1.82) is 0 Å². The lowest BCUT2D eigenvalue weighted by atomic mass is 9.93. The van der Waals surface area contributed by atoms with Gasteiger partial charge in [0, 0.05) is 12.3 Å². The fourth-order valence-electron chi connectivity index (χ4n) is 1.25. The third-order valence-electron chi connectivity index (χ3n) is 2.37. The number of carbonyl (C=O) groups is 1. The van der Waals surface area contributed by atoms with E-state index in [1.54, 1.807) is 0 Å². The first-order valence-corrected chi connectivity index (χ1v) is 5.71. The van der Waals surface area contributed by atoms with Crippen LogP contribution in [0.1, 0.15) is 37.6 Å². The third-order valence-corrected chi connectivity index (χ3v) is 2.37. The fraction of sp³-hybridized carbons (Fsp3) is 0.500. The molecule has 0 atom stereocenters. The summed E-state index contributed by atoms with van der Waals surface area (Å²) >= 11 is 0. The molecule has 0 spiro atoms. The molecule has 19 heavy (non-hydrogen) atoms. The summed E-state index contributed by atoms with van der Waals surface area (Å²) in [5.41, 5.74) is -0.640. The smallest absolute Gasteiger partial charge is 0.337 e. The van der Waals surface area contributed by atoms with Gasteiger partial charge in [-0.2, -0.15) is 0 Å². The van der Waals surface area contributed by atoms with E-state index in [1.807, 2.05) is 20.8 Å².